The van der Waals surface area contributed by atoms with Crippen LogP contribution in [0.15, 0.2) is 47.3 Å². The van der Waals surface area contributed by atoms with E-state index in [2.05, 4.69) is 15.3 Å². The van der Waals surface area contributed by atoms with Crippen LogP contribution in [0.25, 0.3) is 11.3 Å². The summed E-state index contributed by atoms with van der Waals surface area (Å²) in [6.45, 7) is 5.37. The summed E-state index contributed by atoms with van der Waals surface area (Å²) in [5.74, 6) is -0.0595. The first-order valence-electron chi connectivity index (χ1n) is 9.43. The molecule has 0 bridgehead atoms. The minimum Gasteiger partial charge on any atom is -0.379 e. The summed E-state index contributed by atoms with van der Waals surface area (Å²) >= 11 is 0. The number of hydrogen-bond donors (Lipinski definition) is 1. The SMILES string of the molecule is O=C(CCn1nc(-c2ccccc2)ccc1=O)NCCCN1CCOCC1. The number of amides is 1. The maximum Gasteiger partial charge on any atom is 0.266 e. The van der Waals surface area contributed by atoms with Crippen molar-refractivity contribution in [2.45, 2.75) is 19.4 Å². The molecule has 7 heteroatoms. The number of benzene rings is 1. The first-order chi connectivity index (χ1) is 13.2. The van der Waals surface area contributed by atoms with Crippen LogP contribution in [0, 0.1) is 0 Å². The molecule has 0 atom stereocenters. The average Bonchev–Trinajstić information content (AvgIpc) is 2.72. The second-order valence-corrected chi connectivity index (χ2v) is 6.55. The van der Waals surface area contributed by atoms with Gasteiger partial charge in [-0.3, -0.25) is 14.5 Å². The molecule has 1 N–H and O–H groups in total. The molecule has 3 rings (SSSR count). The first-order valence-corrected chi connectivity index (χ1v) is 9.43. The molecule has 1 aliphatic heterocycles. The number of ether oxygens (including phenoxy) is 1. The molecule has 7 nitrogen and oxygen atoms in total. The van der Waals surface area contributed by atoms with Gasteiger partial charge in [0.05, 0.1) is 25.5 Å². The van der Waals surface area contributed by atoms with E-state index in [1.165, 1.54) is 10.7 Å². The predicted molar refractivity (Wildman–Crippen MR) is 103 cm³/mol. The van der Waals surface area contributed by atoms with Gasteiger partial charge < -0.3 is 10.1 Å². The van der Waals surface area contributed by atoms with Crippen LogP contribution in [0.4, 0.5) is 0 Å². The van der Waals surface area contributed by atoms with Crippen LogP contribution in [0.5, 0.6) is 0 Å². The minimum atomic E-state index is -0.199. The molecule has 0 spiro atoms. The summed E-state index contributed by atoms with van der Waals surface area (Å²) in [5, 5.41) is 7.30. The fourth-order valence-electron chi connectivity index (χ4n) is 3.02. The van der Waals surface area contributed by atoms with Crippen LogP contribution in [0.1, 0.15) is 12.8 Å². The molecule has 0 unspecified atom stereocenters. The van der Waals surface area contributed by atoms with Crippen LogP contribution in [-0.2, 0) is 16.1 Å². The lowest BCUT2D eigenvalue weighted by Crippen LogP contribution is -2.38. The van der Waals surface area contributed by atoms with E-state index in [4.69, 9.17) is 4.74 Å². The molecule has 2 heterocycles. The Morgan fingerprint density at radius 2 is 1.85 bits per heavy atom. The zero-order chi connectivity index (χ0) is 18.9. The van der Waals surface area contributed by atoms with Crippen molar-refractivity contribution in [1.29, 1.82) is 0 Å². The number of rotatable bonds is 8. The van der Waals surface area contributed by atoms with E-state index in [0.29, 0.717) is 6.54 Å². The lowest BCUT2D eigenvalue weighted by molar-refractivity contribution is -0.121. The van der Waals surface area contributed by atoms with E-state index in [1.807, 2.05) is 30.3 Å². The van der Waals surface area contributed by atoms with E-state index in [-0.39, 0.29) is 24.4 Å². The van der Waals surface area contributed by atoms with Gasteiger partial charge in [-0.2, -0.15) is 5.10 Å². The van der Waals surface area contributed by atoms with Gasteiger partial charge in [-0.1, -0.05) is 30.3 Å². The van der Waals surface area contributed by atoms with Crippen LogP contribution in [0.2, 0.25) is 0 Å². The number of nitrogens with zero attached hydrogens (tertiary/aromatic N) is 3. The lowest BCUT2D eigenvalue weighted by atomic mass is 10.1. The summed E-state index contributed by atoms with van der Waals surface area (Å²) in [6.07, 6.45) is 1.15. The van der Waals surface area contributed by atoms with Crippen LogP contribution in [0.3, 0.4) is 0 Å². The van der Waals surface area contributed by atoms with Crippen LogP contribution >= 0.6 is 0 Å². The zero-order valence-electron chi connectivity index (χ0n) is 15.5. The summed E-state index contributed by atoms with van der Waals surface area (Å²) in [4.78, 5) is 26.4. The summed E-state index contributed by atoms with van der Waals surface area (Å²) in [7, 11) is 0. The van der Waals surface area contributed by atoms with Gasteiger partial charge in [0.1, 0.15) is 0 Å². The van der Waals surface area contributed by atoms with Crippen molar-refractivity contribution in [3.63, 3.8) is 0 Å². The predicted octanol–water partition coefficient (Wildman–Crippen LogP) is 1.14. The fraction of sp³-hybridized carbons (Fsp3) is 0.450. The van der Waals surface area contributed by atoms with Gasteiger partial charge in [0.25, 0.3) is 5.56 Å². The molecule has 1 fully saturated rings. The molecule has 144 valence electrons. The highest BCUT2D eigenvalue weighted by Crippen LogP contribution is 2.13. The number of morpholine rings is 1. The van der Waals surface area contributed by atoms with Crippen molar-refractivity contribution >= 4 is 5.91 Å². The Morgan fingerprint density at radius 3 is 2.63 bits per heavy atom. The topological polar surface area (TPSA) is 76.5 Å². The molecule has 1 amide bonds. The van der Waals surface area contributed by atoms with E-state index in [1.54, 1.807) is 6.07 Å². The molecule has 1 saturated heterocycles. The number of aryl methyl sites for hydroxylation is 1. The minimum absolute atomic E-state index is 0.0595. The normalized spacial score (nSPS) is 14.8. The first kappa shape index (κ1) is 19.3. The van der Waals surface area contributed by atoms with Gasteiger partial charge in [-0.25, -0.2) is 4.68 Å². The van der Waals surface area contributed by atoms with Crippen molar-refractivity contribution in [2.75, 3.05) is 39.4 Å². The lowest BCUT2D eigenvalue weighted by Gasteiger charge is -2.26. The Balaban J connectivity index is 1.43. The van der Waals surface area contributed by atoms with Gasteiger partial charge in [-0.05, 0) is 19.0 Å². The van der Waals surface area contributed by atoms with Gasteiger partial charge in [-0.15, -0.1) is 0 Å². The third-order valence-electron chi connectivity index (χ3n) is 4.56. The number of hydrogen-bond acceptors (Lipinski definition) is 5. The molecular formula is C20H26N4O3. The zero-order valence-corrected chi connectivity index (χ0v) is 15.5. The van der Waals surface area contributed by atoms with Gasteiger partial charge in [0.2, 0.25) is 5.91 Å². The van der Waals surface area contributed by atoms with Crippen LogP contribution < -0.4 is 10.9 Å². The van der Waals surface area contributed by atoms with Gasteiger partial charge in [0.15, 0.2) is 0 Å². The Hall–Kier alpha value is -2.51. The van der Waals surface area contributed by atoms with Crippen LogP contribution in [-0.4, -0.2) is 60.0 Å². The third-order valence-corrected chi connectivity index (χ3v) is 4.56. The smallest absolute Gasteiger partial charge is 0.266 e. The van der Waals surface area contributed by atoms with Crippen molar-refractivity contribution in [1.82, 2.24) is 20.0 Å². The maximum absolute atomic E-state index is 12.0. The Kier molecular flexibility index (Phi) is 7.12. The fourth-order valence-corrected chi connectivity index (χ4v) is 3.02. The summed E-state index contributed by atoms with van der Waals surface area (Å²) < 4.78 is 6.68. The highest BCUT2D eigenvalue weighted by Gasteiger charge is 2.10. The van der Waals surface area contributed by atoms with E-state index in [9.17, 15) is 9.59 Å². The third kappa shape index (κ3) is 6.01. The molecule has 2 aromatic rings. The largest absolute Gasteiger partial charge is 0.379 e. The Morgan fingerprint density at radius 1 is 1.07 bits per heavy atom. The molecule has 0 radical (unpaired) electrons. The molecule has 0 aliphatic carbocycles. The highest BCUT2D eigenvalue weighted by atomic mass is 16.5. The average molecular weight is 370 g/mol. The second-order valence-electron chi connectivity index (χ2n) is 6.55. The quantitative estimate of drug-likeness (QED) is 0.705. The Bertz CT molecular complexity index is 785. The van der Waals surface area contributed by atoms with E-state index >= 15 is 0 Å². The molecule has 27 heavy (non-hydrogen) atoms. The van der Waals surface area contributed by atoms with Crippen molar-refractivity contribution in [3.05, 3.63) is 52.8 Å². The van der Waals surface area contributed by atoms with E-state index < -0.39 is 0 Å². The number of aromatic nitrogens is 2. The summed E-state index contributed by atoms with van der Waals surface area (Å²) in [5.41, 5.74) is 1.47. The Labute approximate surface area is 158 Å². The highest BCUT2D eigenvalue weighted by molar-refractivity contribution is 5.75. The second kappa shape index (κ2) is 9.99. The molecule has 1 aliphatic rings. The monoisotopic (exact) mass is 370 g/mol. The van der Waals surface area contributed by atoms with Crippen molar-refractivity contribution < 1.29 is 9.53 Å². The van der Waals surface area contributed by atoms with Crippen molar-refractivity contribution in [2.24, 2.45) is 0 Å². The molecule has 1 aromatic heterocycles. The van der Waals surface area contributed by atoms with Crippen molar-refractivity contribution in [3.8, 4) is 11.3 Å². The molecule has 1 aromatic carbocycles. The number of carbonyl (C=O) groups excluding carboxylic acids is 1. The number of carbonyl (C=O) groups is 1. The molecule has 0 saturated carbocycles. The van der Waals surface area contributed by atoms with E-state index in [0.717, 1.165) is 50.5 Å². The summed E-state index contributed by atoms with van der Waals surface area (Å²) in [6, 6.07) is 12.9. The maximum atomic E-state index is 12.0. The van der Waals surface area contributed by atoms with Gasteiger partial charge >= 0.3 is 0 Å². The van der Waals surface area contributed by atoms with Gasteiger partial charge in [0, 0.05) is 37.7 Å². The molecular weight excluding hydrogens is 344 g/mol. The standard InChI is InChI=1S/C20H26N4O3/c25-19(21-10-4-11-23-13-15-27-16-14-23)9-12-24-20(26)8-7-18(22-24)17-5-2-1-3-6-17/h1-3,5-8H,4,9-16H2,(H,21,25). The number of nitrogens with one attached hydrogen (secondary N) is 1.